The standard InChI is InChI=1S/C2H4N2S/c1-4-2(3)5/h1H2,(H2,3,5). The van der Waals surface area contributed by atoms with Gasteiger partial charge in [0.25, 0.3) is 0 Å². The molecule has 0 spiro atoms. The summed E-state index contributed by atoms with van der Waals surface area (Å²) in [6, 6.07) is 0. The number of hydrogen-bond acceptors (Lipinski definition) is 1. The van der Waals surface area contributed by atoms with Gasteiger partial charge in [-0.25, -0.2) is 4.99 Å². The van der Waals surface area contributed by atoms with Crippen molar-refractivity contribution in [2.45, 2.75) is 0 Å². The maximum Gasteiger partial charge on any atom is 0.176 e. The molecule has 0 heterocycles. The molecule has 0 aliphatic heterocycles. The normalized spacial score (nSPS) is 6.60. The summed E-state index contributed by atoms with van der Waals surface area (Å²) in [7, 11) is 0. The van der Waals surface area contributed by atoms with Gasteiger partial charge in [0.15, 0.2) is 5.17 Å². The molecule has 0 unspecified atom stereocenters. The Morgan fingerprint density at radius 2 is 2.20 bits per heavy atom. The smallest absolute Gasteiger partial charge is 0.176 e. The van der Waals surface area contributed by atoms with Gasteiger partial charge in [-0.3, -0.25) is 5.41 Å². The predicted molar refractivity (Wildman–Crippen MR) is 26.3 cm³/mol. The van der Waals surface area contributed by atoms with Gasteiger partial charge in [0.1, 0.15) is 0 Å². The van der Waals surface area contributed by atoms with Gasteiger partial charge in [-0.1, -0.05) is 0 Å². The lowest BCUT2D eigenvalue weighted by atomic mass is 11.3. The van der Waals surface area contributed by atoms with Crippen LogP contribution in [0.25, 0.3) is 0 Å². The van der Waals surface area contributed by atoms with Gasteiger partial charge in [-0.05, 0) is 6.72 Å². The molecule has 0 aromatic heterocycles. The third-order valence-electron chi connectivity index (χ3n) is 0.150. The minimum absolute atomic E-state index is 0.0370. The van der Waals surface area contributed by atoms with Crippen LogP contribution in [0, 0.1) is 5.41 Å². The highest BCUT2D eigenvalue weighted by Gasteiger charge is 1.64. The summed E-state index contributed by atoms with van der Waals surface area (Å²) in [5.41, 5.74) is 0. The van der Waals surface area contributed by atoms with E-state index in [0.717, 1.165) is 0 Å². The van der Waals surface area contributed by atoms with Crippen LogP contribution in [0.3, 0.4) is 0 Å². The number of aliphatic imine (C=N–C) groups is 1. The van der Waals surface area contributed by atoms with Crippen LogP contribution in [-0.4, -0.2) is 11.9 Å². The fraction of sp³-hybridized carbons (Fsp3) is 0. The minimum Gasteiger partial charge on any atom is -0.277 e. The monoisotopic (exact) mass is 88.0 g/mol. The van der Waals surface area contributed by atoms with Gasteiger partial charge in [-0.2, -0.15) is 0 Å². The molecular weight excluding hydrogens is 84.1 g/mol. The van der Waals surface area contributed by atoms with E-state index < -0.39 is 0 Å². The predicted octanol–water partition coefficient (Wildman–Crippen LogP) is 0.552. The van der Waals surface area contributed by atoms with Gasteiger partial charge in [-0.15, -0.1) is 12.6 Å². The molecule has 0 aliphatic carbocycles. The van der Waals surface area contributed by atoms with Gasteiger partial charge < -0.3 is 0 Å². The minimum atomic E-state index is -0.0370. The molecule has 0 aliphatic rings. The molecule has 0 atom stereocenters. The Labute approximate surface area is 35.8 Å². The Balaban J connectivity index is 3.20. The lowest BCUT2D eigenvalue weighted by Crippen LogP contribution is -1.67. The molecule has 1 N–H and O–H groups in total. The highest BCUT2D eigenvalue weighted by Crippen LogP contribution is 1.73. The van der Waals surface area contributed by atoms with Crippen LogP contribution in [0.4, 0.5) is 0 Å². The SMILES string of the molecule is C=NC(=N)S. The van der Waals surface area contributed by atoms with E-state index in [2.05, 4.69) is 24.3 Å². The second kappa shape index (κ2) is 1.96. The Bertz CT molecular complexity index is 58.7. The summed E-state index contributed by atoms with van der Waals surface area (Å²) in [4.78, 5) is 3.09. The second-order valence-electron chi connectivity index (χ2n) is 0.482. The highest BCUT2D eigenvalue weighted by atomic mass is 32.1. The molecular formula is C2H4N2S. The van der Waals surface area contributed by atoms with Crippen molar-refractivity contribution in [1.29, 1.82) is 5.41 Å². The molecule has 3 heteroatoms. The molecule has 0 rings (SSSR count). The Morgan fingerprint density at radius 3 is 2.20 bits per heavy atom. The zero-order valence-corrected chi connectivity index (χ0v) is 3.50. The first-order valence-electron chi connectivity index (χ1n) is 1.01. The van der Waals surface area contributed by atoms with E-state index in [4.69, 9.17) is 5.41 Å². The summed E-state index contributed by atoms with van der Waals surface area (Å²) in [6.45, 7) is 3.01. The van der Waals surface area contributed by atoms with Crippen molar-refractivity contribution in [2.24, 2.45) is 4.99 Å². The summed E-state index contributed by atoms with van der Waals surface area (Å²) < 4.78 is 0. The molecule has 28 valence electrons. The zero-order valence-electron chi connectivity index (χ0n) is 2.60. The third kappa shape index (κ3) is 3.69. The van der Waals surface area contributed by atoms with Gasteiger partial charge in [0, 0.05) is 0 Å². The van der Waals surface area contributed by atoms with Crippen molar-refractivity contribution in [3.8, 4) is 0 Å². The summed E-state index contributed by atoms with van der Waals surface area (Å²) in [5.74, 6) is 0. The topological polar surface area (TPSA) is 36.2 Å². The van der Waals surface area contributed by atoms with Crippen molar-refractivity contribution < 1.29 is 0 Å². The van der Waals surface area contributed by atoms with Crippen LogP contribution in [0.2, 0.25) is 0 Å². The van der Waals surface area contributed by atoms with Gasteiger partial charge in [0.2, 0.25) is 0 Å². The first kappa shape index (κ1) is 4.69. The van der Waals surface area contributed by atoms with Gasteiger partial charge >= 0.3 is 0 Å². The van der Waals surface area contributed by atoms with E-state index in [-0.39, 0.29) is 5.17 Å². The summed E-state index contributed by atoms with van der Waals surface area (Å²) in [5, 5.41) is 6.34. The van der Waals surface area contributed by atoms with Crippen molar-refractivity contribution in [1.82, 2.24) is 0 Å². The average molecular weight is 88.1 g/mol. The second-order valence-corrected chi connectivity index (χ2v) is 0.905. The Hall–Kier alpha value is -0.310. The van der Waals surface area contributed by atoms with E-state index in [1.165, 1.54) is 0 Å². The highest BCUT2D eigenvalue weighted by molar-refractivity contribution is 7.96. The average Bonchev–Trinajstić information content (AvgIpc) is 1.38. The first-order valence-corrected chi connectivity index (χ1v) is 1.46. The van der Waals surface area contributed by atoms with Crippen LogP contribution >= 0.6 is 12.6 Å². The van der Waals surface area contributed by atoms with E-state index in [9.17, 15) is 0 Å². The maximum absolute atomic E-state index is 6.38. The first-order chi connectivity index (χ1) is 2.27. The quantitative estimate of drug-likeness (QED) is 0.246. The number of nitrogens with zero attached hydrogens (tertiary/aromatic N) is 1. The lowest BCUT2D eigenvalue weighted by Gasteiger charge is -1.68. The molecule has 0 aromatic carbocycles. The van der Waals surface area contributed by atoms with Crippen molar-refractivity contribution >= 4 is 24.5 Å². The number of thiol groups is 1. The molecule has 5 heavy (non-hydrogen) atoms. The van der Waals surface area contributed by atoms with E-state index in [0.29, 0.717) is 0 Å². The van der Waals surface area contributed by atoms with E-state index in [1.54, 1.807) is 0 Å². The molecule has 0 bridgehead atoms. The molecule has 0 aromatic rings. The largest absolute Gasteiger partial charge is 0.277 e. The number of nitrogens with one attached hydrogen (secondary N) is 1. The molecule has 2 nitrogen and oxygen atoms in total. The van der Waals surface area contributed by atoms with E-state index >= 15 is 0 Å². The number of amidine groups is 1. The molecule has 0 amide bonds. The van der Waals surface area contributed by atoms with Crippen LogP contribution in [0.1, 0.15) is 0 Å². The van der Waals surface area contributed by atoms with Gasteiger partial charge in [0.05, 0.1) is 0 Å². The number of hydrogen-bond donors (Lipinski definition) is 2. The molecule has 0 radical (unpaired) electrons. The summed E-state index contributed by atoms with van der Waals surface area (Å²) in [6.07, 6.45) is 0. The van der Waals surface area contributed by atoms with Crippen molar-refractivity contribution in [3.63, 3.8) is 0 Å². The van der Waals surface area contributed by atoms with Crippen molar-refractivity contribution in [3.05, 3.63) is 0 Å². The Morgan fingerprint density at radius 1 is 2.00 bits per heavy atom. The molecule has 0 saturated carbocycles. The lowest BCUT2D eigenvalue weighted by molar-refractivity contribution is 1.51. The van der Waals surface area contributed by atoms with Crippen LogP contribution < -0.4 is 0 Å². The van der Waals surface area contributed by atoms with Crippen LogP contribution in [0.5, 0.6) is 0 Å². The maximum atomic E-state index is 6.38. The van der Waals surface area contributed by atoms with Crippen LogP contribution in [0.15, 0.2) is 4.99 Å². The third-order valence-corrected chi connectivity index (χ3v) is 0.291. The zero-order chi connectivity index (χ0) is 4.28. The molecule has 0 fully saturated rings. The number of rotatable bonds is 0. The fourth-order valence-corrected chi connectivity index (χ4v) is 0. The summed E-state index contributed by atoms with van der Waals surface area (Å²) >= 11 is 3.45. The molecule has 0 saturated heterocycles. The fourth-order valence-electron chi connectivity index (χ4n) is 0. The van der Waals surface area contributed by atoms with Crippen molar-refractivity contribution in [2.75, 3.05) is 0 Å². The van der Waals surface area contributed by atoms with Crippen LogP contribution in [-0.2, 0) is 0 Å². The van der Waals surface area contributed by atoms with E-state index in [1.807, 2.05) is 0 Å². The Kier molecular flexibility index (Phi) is 1.84.